The molecule has 0 saturated carbocycles. The van der Waals surface area contributed by atoms with Gasteiger partial charge < -0.3 is 4.84 Å². The zero-order valence-electron chi connectivity index (χ0n) is 8.24. The molecule has 0 atom stereocenters. The Kier molecular flexibility index (Phi) is 2.73. The van der Waals surface area contributed by atoms with Crippen LogP contribution in [0.4, 0.5) is 0 Å². The Labute approximate surface area is 87.0 Å². The molecular formula is C10H10N4O. The van der Waals surface area contributed by atoms with Crippen molar-refractivity contribution in [2.75, 3.05) is 7.11 Å². The van der Waals surface area contributed by atoms with Gasteiger partial charge in [-0.2, -0.15) is 5.10 Å². The highest BCUT2D eigenvalue weighted by Gasteiger charge is 1.98. The van der Waals surface area contributed by atoms with E-state index in [9.17, 15) is 0 Å². The van der Waals surface area contributed by atoms with Crippen LogP contribution in [0, 0.1) is 0 Å². The fraction of sp³-hybridized carbons (Fsp3) is 0.100. The van der Waals surface area contributed by atoms with Crippen LogP contribution in [0.2, 0.25) is 0 Å². The monoisotopic (exact) mass is 202 g/mol. The summed E-state index contributed by atoms with van der Waals surface area (Å²) in [6.45, 7) is 0. The predicted octanol–water partition coefficient (Wildman–Crippen LogP) is 1.25. The Morgan fingerprint density at radius 1 is 1.47 bits per heavy atom. The standard InChI is InChI=1S/C10H10N4O/c1-15-13-6-9-5-12-14(8-9)10-3-2-4-11-7-10/h2-8H,1H3/b13-6+. The van der Waals surface area contributed by atoms with Gasteiger partial charge in [0.1, 0.15) is 7.11 Å². The summed E-state index contributed by atoms with van der Waals surface area (Å²) in [5.74, 6) is 0. The Morgan fingerprint density at radius 3 is 3.13 bits per heavy atom. The lowest BCUT2D eigenvalue weighted by Gasteiger charge is -1.97. The average Bonchev–Trinajstić information content (AvgIpc) is 2.76. The summed E-state index contributed by atoms with van der Waals surface area (Å²) in [7, 11) is 1.50. The van der Waals surface area contributed by atoms with Gasteiger partial charge in [-0.25, -0.2) is 4.68 Å². The lowest BCUT2D eigenvalue weighted by molar-refractivity contribution is 0.215. The summed E-state index contributed by atoms with van der Waals surface area (Å²) in [5, 5.41) is 7.82. The van der Waals surface area contributed by atoms with Crippen LogP contribution in [0.25, 0.3) is 5.69 Å². The molecule has 5 heteroatoms. The normalized spacial score (nSPS) is 10.7. The van der Waals surface area contributed by atoms with E-state index in [1.807, 2.05) is 18.3 Å². The summed E-state index contributed by atoms with van der Waals surface area (Å²) in [5.41, 5.74) is 1.79. The zero-order chi connectivity index (χ0) is 10.5. The molecule has 2 aromatic heterocycles. The number of aromatic nitrogens is 3. The van der Waals surface area contributed by atoms with Crippen LogP contribution in [0.5, 0.6) is 0 Å². The van der Waals surface area contributed by atoms with Gasteiger partial charge >= 0.3 is 0 Å². The Bertz CT molecular complexity index is 449. The lowest BCUT2D eigenvalue weighted by Crippen LogP contribution is -1.93. The third-order valence-electron chi connectivity index (χ3n) is 1.82. The molecule has 0 N–H and O–H groups in total. The highest BCUT2D eigenvalue weighted by molar-refractivity contribution is 5.78. The number of hydrogen-bond acceptors (Lipinski definition) is 4. The maximum Gasteiger partial charge on any atom is 0.106 e. The third kappa shape index (κ3) is 2.19. The minimum atomic E-state index is 0.876. The number of rotatable bonds is 3. The summed E-state index contributed by atoms with van der Waals surface area (Å²) in [4.78, 5) is 8.59. The minimum Gasteiger partial charge on any atom is -0.399 e. The Hall–Kier alpha value is -2.17. The van der Waals surface area contributed by atoms with E-state index in [-0.39, 0.29) is 0 Å². The first-order valence-electron chi connectivity index (χ1n) is 4.42. The molecule has 0 saturated heterocycles. The van der Waals surface area contributed by atoms with Gasteiger partial charge in [-0.3, -0.25) is 4.98 Å². The van der Waals surface area contributed by atoms with Crippen molar-refractivity contribution in [3.8, 4) is 5.69 Å². The summed E-state index contributed by atoms with van der Waals surface area (Å²) in [6, 6.07) is 3.79. The largest absolute Gasteiger partial charge is 0.399 e. The molecular weight excluding hydrogens is 192 g/mol. The van der Waals surface area contributed by atoms with Crippen LogP contribution >= 0.6 is 0 Å². The molecule has 0 unspecified atom stereocenters. The zero-order valence-corrected chi connectivity index (χ0v) is 8.24. The maximum atomic E-state index is 4.58. The van der Waals surface area contributed by atoms with Gasteiger partial charge in [0.05, 0.1) is 24.3 Å². The average molecular weight is 202 g/mol. The molecule has 0 aliphatic rings. The third-order valence-corrected chi connectivity index (χ3v) is 1.82. The van der Waals surface area contributed by atoms with Crippen LogP contribution in [0.3, 0.4) is 0 Å². The van der Waals surface area contributed by atoms with Crippen LogP contribution in [-0.4, -0.2) is 28.1 Å². The molecule has 76 valence electrons. The van der Waals surface area contributed by atoms with Crippen molar-refractivity contribution in [1.29, 1.82) is 0 Å². The van der Waals surface area contributed by atoms with E-state index < -0.39 is 0 Å². The van der Waals surface area contributed by atoms with Crippen molar-refractivity contribution in [3.63, 3.8) is 0 Å². The van der Waals surface area contributed by atoms with Crippen LogP contribution in [0.15, 0.2) is 42.1 Å². The molecule has 0 amide bonds. The number of hydrogen-bond donors (Lipinski definition) is 0. The van der Waals surface area contributed by atoms with Crippen LogP contribution < -0.4 is 0 Å². The molecule has 0 aliphatic heterocycles. The van der Waals surface area contributed by atoms with E-state index in [0.717, 1.165) is 11.3 Å². The molecule has 2 rings (SSSR count). The summed E-state index contributed by atoms with van der Waals surface area (Å²) in [6.07, 6.45) is 8.61. The van der Waals surface area contributed by atoms with E-state index in [1.54, 1.807) is 29.5 Å². The van der Waals surface area contributed by atoms with Crippen molar-refractivity contribution in [3.05, 3.63) is 42.5 Å². The molecule has 0 spiro atoms. The van der Waals surface area contributed by atoms with Gasteiger partial charge in [0.2, 0.25) is 0 Å². The molecule has 0 radical (unpaired) electrons. The summed E-state index contributed by atoms with van der Waals surface area (Å²) >= 11 is 0. The Morgan fingerprint density at radius 2 is 2.40 bits per heavy atom. The van der Waals surface area contributed by atoms with Crippen LogP contribution in [-0.2, 0) is 4.84 Å². The minimum absolute atomic E-state index is 0.876. The fourth-order valence-electron chi connectivity index (χ4n) is 1.15. The first kappa shape index (κ1) is 9.39. The van der Waals surface area contributed by atoms with Crippen molar-refractivity contribution in [2.45, 2.75) is 0 Å². The first-order chi connectivity index (χ1) is 7.40. The second-order valence-corrected chi connectivity index (χ2v) is 2.85. The molecule has 2 heterocycles. The van der Waals surface area contributed by atoms with Crippen molar-refractivity contribution < 1.29 is 4.84 Å². The first-order valence-corrected chi connectivity index (χ1v) is 4.42. The van der Waals surface area contributed by atoms with Crippen molar-refractivity contribution >= 4 is 6.21 Å². The van der Waals surface area contributed by atoms with Crippen LogP contribution in [0.1, 0.15) is 5.56 Å². The SMILES string of the molecule is CO/N=C/c1cnn(-c2cccnc2)c1. The van der Waals surface area contributed by atoms with Gasteiger partial charge in [0.15, 0.2) is 0 Å². The molecule has 2 aromatic rings. The van der Waals surface area contributed by atoms with E-state index >= 15 is 0 Å². The topological polar surface area (TPSA) is 52.3 Å². The molecule has 5 nitrogen and oxygen atoms in total. The smallest absolute Gasteiger partial charge is 0.106 e. The van der Waals surface area contributed by atoms with Gasteiger partial charge in [-0.05, 0) is 12.1 Å². The molecule has 0 aromatic carbocycles. The highest BCUT2D eigenvalue weighted by Crippen LogP contribution is 2.04. The van der Waals surface area contributed by atoms with Gasteiger partial charge in [0.25, 0.3) is 0 Å². The van der Waals surface area contributed by atoms with E-state index in [1.165, 1.54) is 7.11 Å². The van der Waals surface area contributed by atoms with Gasteiger partial charge in [0, 0.05) is 18.0 Å². The molecule has 15 heavy (non-hydrogen) atoms. The maximum absolute atomic E-state index is 4.58. The van der Waals surface area contributed by atoms with E-state index in [4.69, 9.17) is 0 Å². The van der Waals surface area contributed by atoms with Crippen molar-refractivity contribution in [1.82, 2.24) is 14.8 Å². The predicted molar refractivity (Wildman–Crippen MR) is 56.0 cm³/mol. The number of pyridine rings is 1. The fourth-order valence-corrected chi connectivity index (χ4v) is 1.15. The molecule has 0 fully saturated rings. The Balaban J connectivity index is 2.24. The van der Waals surface area contributed by atoms with E-state index in [0.29, 0.717) is 0 Å². The second-order valence-electron chi connectivity index (χ2n) is 2.85. The van der Waals surface area contributed by atoms with Gasteiger partial charge in [-0.1, -0.05) is 5.16 Å². The molecule has 0 bridgehead atoms. The lowest BCUT2D eigenvalue weighted by atomic mass is 10.4. The summed E-state index contributed by atoms with van der Waals surface area (Å²) < 4.78 is 1.73. The number of nitrogens with zero attached hydrogens (tertiary/aromatic N) is 4. The quantitative estimate of drug-likeness (QED) is 0.556. The van der Waals surface area contributed by atoms with Crippen molar-refractivity contribution in [2.24, 2.45) is 5.16 Å². The second kappa shape index (κ2) is 4.36. The van der Waals surface area contributed by atoms with Gasteiger partial charge in [-0.15, -0.1) is 0 Å². The van der Waals surface area contributed by atoms with E-state index in [2.05, 4.69) is 20.1 Å². The highest BCUT2D eigenvalue weighted by atomic mass is 16.6. The number of oxime groups is 1. The molecule has 0 aliphatic carbocycles.